The summed E-state index contributed by atoms with van der Waals surface area (Å²) in [4.78, 5) is 24.2. The zero-order valence-electron chi connectivity index (χ0n) is 15.7. The van der Waals surface area contributed by atoms with Crippen LogP contribution < -0.4 is 4.90 Å². The first kappa shape index (κ1) is 19.5. The molecule has 0 aliphatic carbocycles. The van der Waals surface area contributed by atoms with Gasteiger partial charge in [-0.25, -0.2) is 4.98 Å². The van der Waals surface area contributed by atoms with Gasteiger partial charge in [0, 0.05) is 32.4 Å². The van der Waals surface area contributed by atoms with Gasteiger partial charge in [0.25, 0.3) is 0 Å². The summed E-state index contributed by atoms with van der Waals surface area (Å²) in [5, 5.41) is 1.07. The maximum Gasteiger partial charge on any atom is 0.244 e. The number of halogens is 2. The van der Waals surface area contributed by atoms with Crippen molar-refractivity contribution in [2.45, 2.75) is 18.9 Å². The highest BCUT2D eigenvalue weighted by Gasteiger charge is 2.34. The summed E-state index contributed by atoms with van der Waals surface area (Å²) in [6, 6.07) is 11.7. The normalized spacial score (nSPS) is 19.1. The quantitative estimate of drug-likeness (QED) is 0.755. The fourth-order valence-corrected chi connectivity index (χ4v) is 4.60. The number of aromatic nitrogens is 1. The van der Waals surface area contributed by atoms with Crippen LogP contribution in [0.2, 0.25) is 10.0 Å². The Bertz CT molecular complexity index is 818. The third-order valence-corrected chi connectivity index (χ3v) is 6.02. The number of rotatable bonds is 4. The summed E-state index contributed by atoms with van der Waals surface area (Å²) in [5.41, 5.74) is 1.08. The van der Waals surface area contributed by atoms with Crippen molar-refractivity contribution < 1.29 is 4.79 Å². The van der Waals surface area contributed by atoms with E-state index < -0.39 is 0 Å². The second-order valence-corrected chi connectivity index (χ2v) is 8.17. The van der Waals surface area contributed by atoms with Crippen molar-refractivity contribution in [3.63, 3.8) is 0 Å². The highest BCUT2D eigenvalue weighted by Crippen LogP contribution is 2.29. The molecular weight excluding hydrogens is 395 g/mol. The minimum atomic E-state index is -0.188. The van der Waals surface area contributed by atoms with E-state index in [1.165, 1.54) is 0 Å². The number of nitrogens with zero attached hydrogens (tertiary/aromatic N) is 4. The maximum atomic E-state index is 13.4. The molecular formula is C21H24Cl2N4O. The zero-order chi connectivity index (χ0) is 19.5. The average Bonchev–Trinajstić information content (AvgIpc) is 3.23. The third kappa shape index (κ3) is 4.12. The van der Waals surface area contributed by atoms with Crippen molar-refractivity contribution in [3.8, 4) is 0 Å². The molecule has 2 aromatic rings. The molecule has 1 atom stereocenters. The summed E-state index contributed by atoms with van der Waals surface area (Å²) >= 11 is 12.3. The first-order valence-corrected chi connectivity index (χ1v) is 10.5. The molecule has 2 aliphatic rings. The smallest absolute Gasteiger partial charge is 0.244 e. The first-order chi connectivity index (χ1) is 13.6. The molecule has 3 heterocycles. The number of piperazine rings is 1. The number of likely N-dealkylation sites (tertiary alicyclic amines) is 1. The van der Waals surface area contributed by atoms with E-state index in [4.69, 9.17) is 23.2 Å². The number of hydrogen-bond acceptors (Lipinski definition) is 4. The number of anilines is 1. The van der Waals surface area contributed by atoms with Gasteiger partial charge in [0.1, 0.15) is 11.9 Å². The van der Waals surface area contributed by atoms with Gasteiger partial charge in [-0.3, -0.25) is 9.69 Å². The van der Waals surface area contributed by atoms with Gasteiger partial charge < -0.3 is 9.80 Å². The number of carbonyl (C=O) groups excluding carboxylic acids is 1. The Balaban J connectivity index is 1.47. The van der Waals surface area contributed by atoms with Crippen molar-refractivity contribution in [2.24, 2.45) is 0 Å². The van der Waals surface area contributed by atoms with Crippen LogP contribution in [0.1, 0.15) is 24.4 Å². The number of amides is 1. The van der Waals surface area contributed by atoms with Crippen LogP contribution in [0.5, 0.6) is 0 Å². The van der Waals surface area contributed by atoms with Gasteiger partial charge in [0.05, 0.1) is 10.0 Å². The van der Waals surface area contributed by atoms with E-state index in [1.54, 1.807) is 12.3 Å². The monoisotopic (exact) mass is 418 g/mol. The van der Waals surface area contributed by atoms with Gasteiger partial charge in [-0.2, -0.15) is 0 Å². The molecule has 1 amide bonds. The fraction of sp³-hybridized carbons (Fsp3) is 0.429. The van der Waals surface area contributed by atoms with E-state index >= 15 is 0 Å². The number of hydrogen-bond donors (Lipinski definition) is 0. The number of pyridine rings is 1. The van der Waals surface area contributed by atoms with Crippen LogP contribution in [0.3, 0.4) is 0 Å². The maximum absolute atomic E-state index is 13.4. The van der Waals surface area contributed by atoms with Gasteiger partial charge in [-0.05, 0) is 37.6 Å². The van der Waals surface area contributed by atoms with Gasteiger partial charge in [0.15, 0.2) is 0 Å². The standard InChI is InChI=1S/C21H24Cl2N4O/c22-17-14-18(23)20(24-15-17)26-10-12-27(13-11-26)21(28)19(25-8-4-5-9-25)16-6-2-1-3-7-16/h1-3,6-7,14-15,19H,4-5,8-13H2. The van der Waals surface area contributed by atoms with Crippen LogP contribution in [-0.2, 0) is 4.79 Å². The van der Waals surface area contributed by atoms with Crippen LogP contribution in [0.15, 0.2) is 42.6 Å². The van der Waals surface area contributed by atoms with Crippen LogP contribution in [0, 0.1) is 0 Å². The van der Waals surface area contributed by atoms with Crippen molar-refractivity contribution in [1.29, 1.82) is 0 Å². The lowest BCUT2D eigenvalue weighted by Gasteiger charge is -2.39. The van der Waals surface area contributed by atoms with Gasteiger partial charge >= 0.3 is 0 Å². The molecule has 148 valence electrons. The van der Waals surface area contributed by atoms with Gasteiger partial charge in [-0.1, -0.05) is 53.5 Å². The van der Waals surface area contributed by atoms with Crippen LogP contribution in [-0.4, -0.2) is 60.0 Å². The van der Waals surface area contributed by atoms with E-state index in [0.717, 1.165) is 37.3 Å². The predicted octanol–water partition coefficient (Wildman–Crippen LogP) is 3.87. The summed E-state index contributed by atoms with van der Waals surface area (Å²) in [6.45, 7) is 4.71. The summed E-state index contributed by atoms with van der Waals surface area (Å²) in [7, 11) is 0. The van der Waals surface area contributed by atoms with Gasteiger partial charge in [-0.15, -0.1) is 0 Å². The molecule has 0 saturated carbocycles. The van der Waals surface area contributed by atoms with Crippen molar-refractivity contribution in [3.05, 3.63) is 58.2 Å². The lowest BCUT2D eigenvalue weighted by atomic mass is 10.0. The molecule has 2 aliphatic heterocycles. The Morgan fingerprint density at radius 2 is 1.64 bits per heavy atom. The average molecular weight is 419 g/mol. The molecule has 28 heavy (non-hydrogen) atoms. The first-order valence-electron chi connectivity index (χ1n) is 9.77. The molecule has 5 nitrogen and oxygen atoms in total. The molecule has 4 rings (SSSR count). The van der Waals surface area contributed by atoms with Crippen molar-refractivity contribution in [2.75, 3.05) is 44.2 Å². The molecule has 1 unspecified atom stereocenters. The molecule has 0 spiro atoms. The largest absolute Gasteiger partial charge is 0.352 e. The van der Waals surface area contributed by atoms with E-state index in [1.807, 2.05) is 23.1 Å². The minimum absolute atomic E-state index is 0.188. The molecule has 1 aromatic carbocycles. The molecule has 0 radical (unpaired) electrons. The number of benzene rings is 1. The van der Waals surface area contributed by atoms with Crippen LogP contribution in [0.4, 0.5) is 5.82 Å². The Morgan fingerprint density at radius 3 is 2.29 bits per heavy atom. The lowest BCUT2D eigenvalue weighted by Crippen LogP contribution is -2.52. The minimum Gasteiger partial charge on any atom is -0.352 e. The summed E-state index contributed by atoms with van der Waals surface area (Å²) < 4.78 is 0. The topological polar surface area (TPSA) is 39.7 Å². The van der Waals surface area contributed by atoms with E-state index in [2.05, 4.69) is 26.9 Å². The summed E-state index contributed by atoms with van der Waals surface area (Å²) in [5.74, 6) is 0.931. The van der Waals surface area contributed by atoms with Crippen LogP contribution in [0.25, 0.3) is 0 Å². The van der Waals surface area contributed by atoms with Crippen LogP contribution >= 0.6 is 23.2 Å². The second-order valence-electron chi connectivity index (χ2n) is 7.33. The Kier molecular flexibility index (Phi) is 6.04. The van der Waals surface area contributed by atoms with E-state index in [0.29, 0.717) is 36.2 Å². The van der Waals surface area contributed by atoms with Gasteiger partial charge in [0.2, 0.25) is 5.91 Å². The Labute approximate surface area is 175 Å². The number of carbonyl (C=O) groups is 1. The molecule has 7 heteroatoms. The van der Waals surface area contributed by atoms with E-state index in [9.17, 15) is 4.79 Å². The Morgan fingerprint density at radius 1 is 0.964 bits per heavy atom. The highest BCUT2D eigenvalue weighted by molar-refractivity contribution is 6.36. The summed E-state index contributed by atoms with van der Waals surface area (Å²) in [6.07, 6.45) is 3.93. The fourth-order valence-electron chi connectivity index (χ4n) is 4.10. The third-order valence-electron chi connectivity index (χ3n) is 5.53. The SMILES string of the molecule is O=C(C(c1ccccc1)N1CCCC1)N1CCN(c2ncc(Cl)cc2Cl)CC1. The predicted molar refractivity (Wildman–Crippen MR) is 113 cm³/mol. The molecule has 2 fully saturated rings. The second kappa shape index (κ2) is 8.68. The highest BCUT2D eigenvalue weighted by atomic mass is 35.5. The molecule has 1 aromatic heterocycles. The zero-order valence-corrected chi connectivity index (χ0v) is 17.2. The lowest BCUT2D eigenvalue weighted by molar-refractivity contribution is -0.137. The van der Waals surface area contributed by atoms with Crippen molar-refractivity contribution in [1.82, 2.24) is 14.8 Å². The molecule has 0 N–H and O–H groups in total. The van der Waals surface area contributed by atoms with E-state index in [-0.39, 0.29) is 11.9 Å². The van der Waals surface area contributed by atoms with Crippen molar-refractivity contribution >= 4 is 34.9 Å². The molecule has 2 saturated heterocycles. The Hall–Kier alpha value is -1.82. The molecule has 0 bridgehead atoms.